The van der Waals surface area contributed by atoms with Crippen LogP contribution < -0.4 is 5.32 Å². The van der Waals surface area contributed by atoms with E-state index in [9.17, 15) is 18.0 Å². The highest BCUT2D eigenvalue weighted by atomic mass is 32.2. The summed E-state index contributed by atoms with van der Waals surface area (Å²) in [6, 6.07) is 2.67. The maximum Gasteiger partial charge on any atom is 0.272 e. The van der Waals surface area contributed by atoms with E-state index in [2.05, 4.69) is 10.3 Å². The molecule has 1 N–H and O–H groups in total. The number of hydrogen-bond donors (Lipinski definition) is 1. The van der Waals surface area contributed by atoms with Gasteiger partial charge in [0.1, 0.15) is 5.69 Å². The standard InChI is InChI=1S/C17H25N3O4S/c1-5-20(13-7-9-25(23,24)11-13)16(22)14-10-12(6-8-18-14)15(21)19-17(2,3)4/h6,8,10,13H,5,7,9,11H2,1-4H3,(H,19,21). The maximum absolute atomic E-state index is 12.8. The highest BCUT2D eigenvalue weighted by Crippen LogP contribution is 2.19. The number of rotatable bonds is 4. The normalized spacial score (nSPS) is 19.4. The highest BCUT2D eigenvalue weighted by Gasteiger charge is 2.34. The van der Waals surface area contributed by atoms with Crippen molar-refractivity contribution < 1.29 is 18.0 Å². The van der Waals surface area contributed by atoms with E-state index in [1.807, 2.05) is 20.8 Å². The Balaban J connectivity index is 2.21. The molecular weight excluding hydrogens is 342 g/mol. The Hall–Kier alpha value is -1.96. The summed E-state index contributed by atoms with van der Waals surface area (Å²) >= 11 is 0. The number of carbonyl (C=O) groups excluding carboxylic acids is 2. The number of sulfone groups is 1. The number of aromatic nitrogens is 1. The molecule has 7 nitrogen and oxygen atoms in total. The van der Waals surface area contributed by atoms with Crippen molar-refractivity contribution in [3.05, 3.63) is 29.6 Å². The summed E-state index contributed by atoms with van der Waals surface area (Å²) in [6.45, 7) is 7.81. The summed E-state index contributed by atoms with van der Waals surface area (Å²) in [5, 5.41) is 2.84. The van der Waals surface area contributed by atoms with Gasteiger partial charge in [0.2, 0.25) is 0 Å². The van der Waals surface area contributed by atoms with Gasteiger partial charge in [0, 0.05) is 29.9 Å². The second-order valence-electron chi connectivity index (χ2n) is 7.28. The van der Waals surface area contributed by atoms with Crippen LogP contribution in [0.15, 0.2) is 18.3 Å². The van der Waals surface area contributed by atoms with Gasteiger partial charge < -0.3 is 10.2 Å². The van der Waals surface area contributed by atoms with Gasteiger partial charge in [0.25, 0.3) is 11.8 Å². The number of hydrogen-bond acceptors (Lipinski definition) is 5. The number of carbonyl (C=O) groups is 2. The van der Waals surface area contributed by atoms with Crippen molar-refractivity contribution in [2.75, 3.05) is 18.1 Å². The van der Waals surface area contributed by atoms with E-state index in [1.54, 1.807) is 13.0 Å². The van der Waals surface area contributed by atoms with Gasteiger partial charge in [-0.15, -0.1) is 0 Å². The van der Waals surface area contributed by atoms with Crippen LogP contribution in [0, 0.1) is 0 Å². The zero-order valence-corrected chi connectivity index (χ0v) is 15.9. The van der Waals surface area contributed by atoms with Crippen LogP contribution in [-0.4, -0.2) is 59.7 Å². The van der Waals surface area contributed by atoms with Crippen LogP contribution in [0.25, 0.3) is 0 Å². The summed E-state index contributed by atoms with van der Waals surface area (Å²) in [5.41, 5.74) is 0.106. The van der Waals surface area contributed by atoms with Crippen LogP contribution in [0.4, 0.5) is 0 Å². The Morgan fingerprint density at radius 1 is 1.36 bits per heavy atom. The quantitative estimate of drug-likeness (QED) is 0.864. The van der Waals surface area contributed by atoms with Crippen molar-refractivity contribution in [2.45, 2.75) is 45.7 Å². The predicted octanol–water partition coefficient (Wildman–Crippen LogP) is 1.26. The zero-order valence-electron chi connectivity index (χ0n) is 15.1. The SMILES string of the molecule is CCN(C(=O)c1cc(C(=O)NC(C)(C)C)ccn1)C1CCS(=O)(=O)C1. The van der Waals surface area contributed by atoms with Crippen molar-refractivity contribution in [3.8, 4) is 0 Å². The molecule has 1 aliphatic heterocycles. The maximum atomic E-state index is 12.8. The third-order valence-corrected chi connectivity index (χ3v) is 5.73. The molecule has 0 saturated carbocycles. The zero-order chi connectivity index (χ0) is 18.8. The minimum Gasteiger partial charge on any atom is -0.347 e. The van der Waals surface area contributed by atoms with Crippen molar-refractivity contribution >= 4 is 21.7 Å². The average Bonchev–Trinajstić information content (AvgIpc) is 2.86. The lowest BCUT2D eigenvalue weighted by molar-refractivity contribution is 0.0702. The molecule has 1 atom stereocenters. The Labute approximate surface area is 148 Å². The van der Waals surface area contributed by atoms with Gasteiger partial charge in [0.05, 0.1) is 11.5 Å². The van der Waals surface area contributed by atoms with Gasteiger partial charge >= 0.3 is 0 Å². The second kappa shape index (κ2) is 7.11. The lowest BCUT2D eigenvalue weighted by Gasteiger charge is -2.26. The molecule has 1 aromatic heterocycles. The smallest absolute Gasteiger partial charge is 0.272 e. The first kappa shape index (κ1) is 19.4. The van der Waals surface area contributed by atoms with Gasteiger partial charge in [-0.2, -0.15) is 0 Å². The minimum absolute atomic E-state index is 0.0171. The monoisotopic (exact) mass is 367 g/mol. The van der Waals surface area contributed by atoms with E-state index in [0.29, 0.717) is 18.5 Å². The first-order chi connectivity index (χ1) is 11.5. The van der Waals surface area contributed by atoms with Crippen molar-refractivity contribution in [1.82, 2.24) is 15.2 Å². The van der Waals surface area contributed by atoms with E-state index in [-0.39, 0.29) is 35.1 Å². The molecule has 25 heavy (non-hydrogen) atoms. The molecule has 0 radical (unpaired) electrons. The largest absolute Gasteiger partial charge is 0.347 e. The number of nitrogens with one attached hydrogen (secondary N) is 1. The topological polar surface area (TPSA) is 96.4 Å². The molecule has 0 aliphatic carbocycles. The molecule has 1 aliphatic rings. The van der Waals surface area contributed by atoms with E-state index in [1.165, 1.54) is 17.2 Å². The van der Waals surface area contributed by atoms with Crippen molar-refractivity contribution in [2.24, 2.45) is 0 Å². The van der Waals surface area contributed by atoms with Gasteiger partial charge in [-0.25, -0.2) is 8.42 Å². The molecule has 1 unspecified atom stereocenters. The summed E-state index contributed by atoms with van der Waals surface area (Å²) in [4.78, 5) is 30.6. The highest BCUT2D eigenvalue weighted by molar-refractivity contribution is 7.91. The minimum atomic E-state index is -3.09. The van der Waals surface area contributed by atoms with Gasteiger partial charge in [-0.05, 0) is 46.2 Å². The molecule has 1 saturated heterocycles. The van der Waals surface area contributed by atoms with Crippen LogP contribution in [0.1, 0.15) is 55.0 Å². The molecule has 0 aromatic carbocycles. The third kappa shape index (κ3) is 5.01. The molecule has 1 aromatic rings. The number of pyridine rings is 1. The fourth-order valence-corrected chi connectivity index (χ4v) is 4.57. The Bertz CT molecular complexity index is 768. The fraction of sp³-hybridized carbons (Fsp3) is 0.588. The first-order valence-corrected chi connectivity index (χ1v) is 10.1. The van der Waals surface area contributed by atoms with Crippen LogP contribution in [0.5, 0.6) is 0 Å². The lowest BCUT2D eigenvalue weighted by Crippen LogP contribution is -2.42. The van der Waals surface area contributed by atoms with E-state index >= 15 is 0 Å². The second-order valence-corrected chi connectivity index (χ2v) is 9.51. The lowest BCUT2D eigenvalue weighted by atomic mass is 10.1. The summed E-state index contributed by atoms with van der Waals surface area (Å²) in [5.74, 6) is -0.551. The molecular formula is C17H25N3O4S. The van der Waals surface area contributed by atoms with Crippen molar-refractivity contribution in [3.63, 3.8) is 0 Å². The Morgan fingerprint density at radius 2 is 2.04 bits per heavy atom. The molecule has 2 heterocycles. The number of amides is 2. The summed E-state index contributed by atoms with van der Waals surface area (Å²) < 4.78 is 23.4. The fourth-order valence-electron chi connectivity index (χ4n) is 2.84. The molecule has 8 heteroatoms. The molecule has 2 amide bonds. The van der Waals surface area contributed by atoms with Gasteiger partial charge in [0.15, 0.2) is 9.84 Å². The number of nitrogens with zero attached hydrogens (tertiary/aromatic N) is 2. The average molecular weight is 367 g/mol. The predicted molar refractivity (Wildman–Crippen MR) is 95.2 cm³/mol. The first-order valence-electron chi connectivity index (χ1n) is 8.32. The molecule has 0 bridgehead atoms. The van der Waals surface area contributed by atoms with E-state index < -0.39 is 15.4 Å². The van der Waals surface area contributed by atoms with Gasteiger partial charge in [-0.1, -0.05) is 0 Å². The van der Waals surface area contributed by atoms with Gasteiger partial charge in [-0.3, -0.25) is 14.6 Å². The summed E-state index contributed by atoms with van der Waals surface area (Å²) in [6.07, 6.45) is 1.86. The molecule has 2 rings (SSSR count). The Morgan fingerprint density at radius 3 is 2.56 bits per heavy atom. The van der Waals surface area contributed by atoms with Crippen LogP contribution >= 0.6 is 0 Å². The van der Waals surface area contributed by atoms with Crippen molar-refractivity contribution in [1.29, 1.82) is 0 Å². The molecule has 0 spiro atoms. The van der Waals surface area contributed by atoms with Crippen LogP contribution in [0.2, 0.25) is 0 Å². The van der Waals surface area contributed by atoms with Crippen LogP contribution in [-0.2, 0) is 9.84 Å². The molecule has 138 valence electrons. The summed E-state index contributed by atoms with van der Waals surface area (Å²) in [7, 11) is -3.09. The third-order valence-electron chi connectivity index (χ3n) is 3.98. The van der Waals surface area contributed by atoms with E-state index in [0.717, 1.165) is 0 Å². The molecule has 1 fully saturated rings. The Kier molecular flexibility index (Phi) is 5.51. The van der Waals surface area contributed by atoms with E-state index in [4.69, 9.17) is 0 Å². The van der Waals surface area contributed by atoms with Crippen LogP contribution in [0.3, 0.4) is 0 Å².